The Morgan fingerprint density at radius 2 is 1.68 bits per heavy atom. The molecule has 2 heterocycles. The zero-order valence-electron chi connectivity index (χ0n) is 18.4. The summed E-state index contributed by atoms with van der Waals surface area (Å²) < 4.78 is 5.64. The van der Waals surface area contributed by atoms with Gasteiger partial charge < -0.3 is 10.1 Å². The van der Waals surface area contributed by atoms with Crippen LogP contribution in [0.5, 0.6) is 0 Å². The molecule has 0 saturated carbocycles. The Kier molecular flexibility index (Phi) is 6.47. The van der Waals surface area contributed by atoms with Crippen molar-refractivity contribution in [1.82, 2.24) is 10.3 Å². The molecule has 0 radical (unpaired) electrons. The molecular weight excluding hydrogens is 384 g/mol. The van der Waals surface area contributed by atoms with Crippen molar-refractivity contribution >= 4 is 5.91 Å². The molecule has 0 aliphatic carbocycles. The van der Waals surface area contributed by atoms with Crippen LogP contribution in [0.1, 0.15) is 35.1 Å². The van der Waals surface area contributed by atoms with Crippen molar-refractivity contribution in [3.63, 3.8) is 0 Å². The molecule has 3 aromatic rings. The van der Waals surface area contributed by atoms with Crippen molar-refractivity contribution < 1.29 is 9.53 Å². The molecule has 0 atom stereocenters. The van der Waals surface area contributed by atoms with Gasteiger partial charge in [-0.2, -0.15) is 0 Å². The number of pyridine rings is 1. The quantitative estimate of drug-likeness (QED) is 0.616. The maximum absolute atomic E-state index is 13.6. The Morgan fingerprint density at radius 1 is 0.968 bits per heavy atom. The highest BCUT2D eigenvalue weighted by Crippen LogP contribution is 2.37. The highest BCUT2D eigenvalue weighted by molar-refractivity contribution is 5.83. The molecule has 4 nitrogen and oxygen atoms in total. The van der Waals surface area contributed by atoms with Gasteiger partial charge in [-0.3, -0.25) is 9.78 Å². The Hall–Kier alpha value is -2.98. The molecule has 1 aromatic heterocycles. The monoisotopic (exact) mass is 414 g/mol. The van der Waals surface area contributed by atoms with E-state index in [2.05, 4.69) is 66.6 Å². The van der Waals surface area contributed by atoms with E-state index in [9.17, 15) is 4.79 Å². The summed E-state index contributed by atoms with van der Waals surface area (Å²) in [6.45, 7) is 6.02. The number of ether oxygens (including phenoxy) is 1. The lowest BCUT2D eigenvalue weighted by Gasteiger charge is -2.36. The smallest absolute Gasteiger partial charge is 0.226 e. The lowest BCUT2D eigenvalue weighted by molar-refractivity contribution is -0.136. The van der Waals surface area contributed by atoms with Gasteiger partial charge in [-0.25, -0.2) is 0 Å². The molecule has 4 rings (SSSR count). The van der Waals surface area contributed by atoms with Gasteiger partial charge in [0.15, 0.2) is 0 Å². The van der Waals surface area contributed by atoms with Crippen molar-refractivity contribution in [2.75, 3.05) is 13.2 Å². The first-order chi connectivity index (χ1) is 15.1. The second-order valence-corrected chi connectivity index (χ2v) is 8.50. The summed E-state index contributed by atoms with van der Waals surface area (Å²) in [6, 6.07) is 18.7. The van der Waals surface area contributed by atoms with Gasteiger partial charge in [-0.15, -0.1) is 0 Å². The van der Waals surface area contributed by atoms with Crippen LogP contribution in [0, 0.1) is 19.3 Å². The van der Waals surface area contributed by atoms with E-state index in [1.54, 1.807) is 0 Å². The summed E-state index contributed by atoms with van der Waals surface area (Å²) in [4.78, 5) is 17.7. The molecule has 4 heteroatoms. The van der Waals surface area contributed by atoms with Gasteiger partial charge in [-0.1, -0.05) is 42.5 Å². The molecule has 160 valence electrons. The first-order valence-corrected chi connectivity index (χ1v) is 11.0. The second kappa shape index (κ2) is 9.44. The van der Waals surface area contributed by atoms with E-state index in [0.29, 0.717) is 26.2 Å². The van der Waals surface area contributed by atoms with Crippen molar-refractivity contribution in [2.45, 2.75) is 39.7 Å². The largest absolute Gasteiger partial charge is 0.381 e. The zero-order valence-corrected chi connectivity index (χ0v) is 18.4. The van der Waals surface area contributed by atoms with Crippen LogP contribution < -0.4 is 5.32 Å². The SMILES string of the molecule is Cc1cccc(CNC(=O)C2(Cc3ccccc3-c3ccncc3)CCOCC2)c1C. The van der Waals surface area contributed by atoms with Crippen LogP contribution in [-0.2, 0) is 22.5 Å². The van der Waals surface area contributed by atoms with E-state index in [0.717, 1.165) is 24.0 Å². The summed E-state index contributed by atoms with van der Waals surface area (Å²) in [6.07, 6.45) is 5.79. The fourth-order valence-corrected chi connectivity index (χ4v) is 4.46. The van der Waals surface area contributed by atoms with Gasteiger partial charge in [0, 0.05) is 32.2 Å². The lowest BCUT2D eigenvalue weighted by Crippen LogP contribution is -2.46. The van der Waals surface area contributed by atoms with Gasteiger partial charge in [-0.05, 0) is 78.6 Å². The van der Waals surface area contributed by atoms with Gasteiger partial charge in [0.25, 0.3) is 0 Å². The molecule has 1 saturated heterocycles. The summed E-state index contributed by atoms with van der Waals surface area (Å²) in [5, 5.41) is 3.25. The van der Waals surface area contributed by atoms with E-state index in [1.807, 2.05) is 24.5 Å². The van der Waals surface area contributed by atoms with Crippen LogP contribution in [0.3, 0.4) is 0 Å². The molecule has 31 heavy (non-hydrogen) atoms. The minimum Gasteiger partial charge on any atom is -0.381 e. The van der Waals surface area contributed by atoms with Crippen LogP contribution >= 0.6 is 0 Å². The molecule has 0 bridgehead atoms. The Morgan fingerprint density at radius 3 is 2.45 bits per heavy atom. The fraction of sp³-hybridized carbons (Fsp3) is 0.333. The van der Waals surface area contributed by atoms with Crippen molar-refractivity contribution in [2.24, 2.45) is 5.41 Å². The van der Waals surface area contributed by atoms with Crippen LogP contribution in [-0.4, -0.2) is 24.1 Å². The highest BCUT2D eigenvalue weighted by Gasteiger charge is 2.40. The van der Waals surface area contributed by atoms with E-state index in [1.165, 1.54) is 22.3 Å². The molecule has 1 fully saturated rings. The van der Waals surface area contributed by atoms with Gasteiger partial charge >= 0.3 is 0 Å². The minimum atomic E-state index is -0.459. The number of carbonyl (C=O) groups is 1. The number of aromatic nitrogens is 1. The molecule has 1 aliphatic rings. The van der Waals surface area contributed by atoms with Crippen molar-refractivity contribution in [3.05, 3.63) is 89.2 Å². The number of carbonyl (C=O) groups excluding carboxylic acids is 1. The first-order valence-electron chi connectivity index (χ1n) is 11.0. The zero-order chi connectivity index (χ0) is 21.7. The van der Waals surface area contributed by atoms with E-state index >= 15 is 0 Å². The fourth-order valence-electron chi connectivity index (χ4n) is 4.46. The topological polar surface area (TPSA) is 51.2 Å². The predicted molar refractivity (Wildman–Crippen MR) is 124 cm³/mol. The highest BCUT2D eigenvalue weighted by atomic mass is 16.5. The maximum atomic E-state index is 13.6. The number of hydrogen-bond acceptors (Lipinski definition) is 3. The van der Waals surface area contributed by atoms with Crippen LogP contribution in [0.4, 0.5) is 0 Å². The molecule has 1 N–H and O–H groups in total. The molecule has 2 aromatic carbocycles. The van der Waals surface area contributed by atoms with Gasteiger partial charge in [0.2, 0.25) is 5.91 Å². The number of aryl methyl sites for hydroxylation is 1. The Balaban J connectivity index is 1.59. The number of hydrogen-bond donors (Lipinski definition) is 1. The lowest BCUT2D eigenvalue weighted by atomic mass is 9.73. The first kappa shape index (κ1) is 21.3. The number of nitrogens with one attached hydrogen (secondary N) is 1. The Labute approximate surface area is 184 Å². The third kappa shape index (κ3) is 4.70. The van der Waals surface area contributed by atoms with Gasteiger partial charge in [0.1, 0.15) is 0 Å². The van der Waals surface area contributed by atoms with E-state index in [4.69, 9.17) is 4.74 Å². The standard InChI is InChI=1S/C27H30N2O2/c1-20-6-5-8-24(21(20)2)19-29-26(30)27(12-16-31-17-13-27)18-23-7-3-4-9-25(23)22-10-14-28-15-11-22/h3-11,14-15H,12-13,16-19H2,1-2H3,(H,29,30). The Bertz CT molecular complexity index is 1040. The van der Waals surface area contributed by atoms with Crippen LogP contribution in [0.25, 0.3) is 11.1 Å². The third-order valence-corrected chi connectivity index (χ3v) is 6.63. The van der Waals surface area contributed by atoms with Crippen LogP contribution in [0.2, 0.25) is 0 Å². The normalized spacial score (nSPS) is 15.4. The summed E-state index contributed by atoms with van der Waals surface area (Å²) in [5.74, 6) is 0.126. The third-order valence-electron chi connectivity index (χ3n) is 6.63. The van der Waals surface area contributed by atoms with E-state index in [-0.39, 0.29) is 5.91 Å². The second-order valence-electron chi connectivity index (χ2n) is 8.50. The van der Waals surface area contributed by atoms with Crippen molar-refractivity contribution in [1.29, 1.82) is 0 Å². The summed E-state index contributed by atoms with van der Waals surface area (Å²) >= 11 is 0. The van der Waals surface area contributed by atoms with Crippen molar-refractivity contribution in [3.8, 4) is 11.1 Å². The van der Waals surface area contributed by atoms with E-state index < -0.39 is 5.41 Å². The molecule has 0 spiro atoms. The minimum absolute atomic E-state index is 0.126. The average molecular weight is 415 g/mol. The summed E-state index contributed by atoms with van der Waals surface area (Å²) in [7, 11) is 0. The number of rotatable bonds is 6. The predicted octanol–water partition coefficient (Wildman–Crippen LogP) is 5.02. The molecule has 1 amide bonds. The maximum Gasteiger partial charge on any atom is 0.226 e. The average Bonchev–Trinajstić information content (AvgIpc) is 2.81. The number of amides is 1. The molecular formula is C27H30N2O2. The van der Waals surface area contributed by atoms with Gasteiger partial charge in [0.05, 0.1) is 5.41 Å². The number of benzene rings is 2. The molecule has 1 aliphatic heterocycles. The molecule has 0 unspecified atom stereocenters. The van der Waals surface area contributed by atoms with Crippen LogP contribution in [0.15, 0.2) is 67.0 Å². The number of nitrogens with zero attached hydrogens (tertiary/aromatic N) is 1. The summed E-state index contributed by atoms with van der Waals surface area (Å²) in [5.41, 5.74) is 6.69.